The molecule has 1 heterocycles. The van der Waals surface area contributed by atoms with Gasteiger partial charge in [-0.1, -0.05) is 26.2 Å². The lowest BCUT2D eigenvalue weighted by molar-refractivity contribution is 0.253. The molecular weight excluding hydrogens is 286 g/mol. The summed E-state index contributed by atoms with van der Waals surface area (Å²) >= 11 is 0. The van der Waals surface area contributed by atoms with Gasteiger partial charge in [-0.2, -0.15) is 0 Å². The van der Waals surface area contributed by atoms with Crippen LogP contribution < -0.4 is 10.0 Å². The summed E-state index contributed by atoms with van der Waals surface area (Å²) < 4.78 is 27.0. The van der Waals surface area contributed by atoms with Gasteiger partial charge < -0.3 is 5.32 Å². The first kappa shape index (κ1) is 17.2. The molecule has 21 heavy (non-hydrogen) atoms. The summed E-state index contributed by atoms with van der Waals surface area (Å²) in [4.78, 5) is 2.22. The first-order valence-corrected chi connectivity index (χ1v) is 10.1. The van der Waals surface area contributed by atoms with Crippen LogP contribution in [0.25, 0.3) is 0 Å². The predicted molar refractivity (Wildman–Crippen MR) is 86.8 cm³/mol. The number of piperazine rings is 1. The van der Waals surface area contributed by atoms with Gasteiger partial charge in [0, 0.05) is 39.3 Å². The van der Waals surface area contributed by atoms with E-state index < -0.39 is 10.0 Å². The maximum Gasteiger partial charge on any atom is 0.212 e. The van der Waals surface area contributed by atoms with E-state index in [1.807, 2.05) is 0 Å². The Labute approximate surface area is 129 Å². The molecule has 1 aliphatic heterocycles. The van der Waals surface area contributed by atoms with Crippen LogP contribution in [0.1, 0.15) is 39.0 Å². The summed E-state index contributed by atoms with van der Waals surface area (Å²) in [5.74, 6) is 1.64. The minimum absolute atomic E-state index is 0.233. The van der Waals surface area contributed by atoms with E-state index in [9.17, 15) is 8.42 Å². The maximum atomic E-state index is 12.1. The third-order valence-corrected chi connectivity index (χ3v) is 6.35. The highest BCUT2D eigenvalue weighted by molar-refractivity contribution is 7.89. The molecule has 124 valence electrons. The molecule has 1 saturated heterocycles. The molecule has 0 spiro atoms. The SMILES string of the molecule is CCC1CCC(CNS(=O)(=O)CCN2CCNCC2)CC1. The minimum Gasteiger partial charge on any atom is -0.314 e. The minimum atomic E-state index is -3.11. The molecule has 0 bridgehead atoms. The zero-order valence-corrected chi connectivity index (χ0v) is 14.1. The van der Waals surface area contributed by atoms with Gasteiger partial charge in [0.25, 0.3) is 0 Å². The topological polar surface area (TPSA) is 61.4 Å². The second-order valence-corrected chi connectivity index (χ2v) is 8.48. The summed E-state index contributed by atoms with van der Waals surface area (Å²) in [5, 5.41) is 3.28. The van der Waals surface area contributed by atoms with E-state index in [0.29, 0.717) is 19.0 Å². The van der Waals surface area contributed by atoms with Crippen LogP contribution in [-0.4, -0.2) is 58.3 Å². The van der Waals surface area contributed by atoms with E-state index in [1.165, 1.54) is 32.1 Å². The zero-order chi connectivity index (χ0) is 15.1. The molecule has 2 fully saturated rings. The first-order valence-electron chi connectivity index (χ1n) is 8.49. The Bertz CT molecular complexity index is 386. The van der Waals surface area contributed by atoms with Crippen molar-refractivity contribution in [3.05, 3.63) is 0 Å². The van der Waals surface area contributed by atoms with Gasteiger partial charge in [0.15, 0.2) is 0 Å². The van der Waals surface area contributed by atoms with E-state index in [4.69, 9.17) is 0 Å². The van der Waals surface area contributed by atoms with E-state index in [0.717, 1.165) is 32.1 Å². The standard InChI is InChI=1S/C15H31N3O2S/c1-2-14-3-5-15(6-4-14)13-17-21(19,20)12-11-18-9-7-16-8-10-18/h14-17H,2-13H2,1H3. The van der Waals surface area contributed by atoms with Crippen molar-refractivity contribution in [3.8, 4) is 0 Å². The van der Waals surface area contributed by atoms with Crippen LogP contribution in [0.4, 0.5) is 0 Å². The zero-order valence-electron chi connectivity index (χ0n) is 13.3. The summed E-state index contributed by atoms with van der Waals surface area (Å²) in [5.41, 5.74) is 0. The molecule has 1 saturated carbocycles. The summed E-state index contributed by atoms with van der Waals surface area (Å²) in [6.45, 7) is 7.39. The van der Waals surface area contributed by atoms with Gasteiger partial charge in [-0.3, -0.25) is 4.90 Å². The van der Waals surface area contributed by atoms with E-state index in [2.05, 4.69) is 21.9 Å². The lowest BCUT2D eigenvalue weighted by Gasteiger charge is -2.28. The van der Waals surface area contributed by atoms with Crippen LogP contribution in [0, 0.1) is 11.8 Å². The summed E-state index contributed by atoms with van der Waals surface area (Å²) in [7, 11) is -3.11. The Morgan fingerprint density at radius 3 is 2.33 bits per heavy atom. The van der Waals surface area contributed by atoms with Crippen molar-refractivity contribution in [2.24, 2.45) is 11.8 Å². The van der Waals surface area contributed by atoms with Gasteiger partial charge >= 0.3 is 0 Å². The molecule has 0 atom stereocenters. The van der Waals surface area contributed by atoms with Crippen LogP contribution in [0.2, 0.25) is 0 Å². The number of hydrogen-bond acceptors (Lipinski definition) is 4. The lowest BCUT2D eigenvalue weighted by Crippen LogP contribution is -2.46. The molecule has 1 aliphatic carbocycles. The van der Waals surface area contributed by atoms with Crippen LogP contribution in [0.5, 0.6) is 0 Å². The highest BCUT2D eigenvalue weighted by Crippen LogP contribution is 2.30. The maximum absolute atomic E-state index is 12.1. The highest BCUT2D eigenvalue weighted by Gasteiger charge is 2.22. The molecule has 2 aliphatic rings. The second-order valence-electron chi connectivity index (χ2n) is 6.55. The van der Waals surface area contributed by atoms with Crippen molar-refractivity contribution in [3.63, 3.8) is 0 Å². The van der Waals surface area contributed by atoms with Crippen LogP contribution in [0.3, 0.4) is 0 Å². The monoisotopic (exact) mass is 317 g/mol. The largest absolute Gasteiger partial charge is 0.314 e. The Morgan fingerprint density at radius 1 is 1.10 bits per heavy atom. The van der Waals surface area contributed by atoms with Crippen molar-refractivity contribution in [2.75, 3.05) is 45.0 Å². The van der Waals surface area contributed by atoms with Crippen molar-refractivity contribution < 1.29 is 8.42 Å². The number of hydrogen-bond donors (Lipinski definition) is 2. The predicted octanol–water partition coefficient (Wildman–Crippen LogP) is 1.03. The Kier molecular flexibility index (Phi) is 6.92. The third-order valence-electron chi connectivity index (χ3n) is 5.02. The molecule has 5 nitrogen and oxygen atoms in total. The van der Waals surface area contributed by atoms with Gasteiger partial charge in [-0.15, -0.1) is 0 Å². The molecule has 0 aromatic rings. The highest BCUT2D eigenvalue weighted by atomic mass is 32.2. The number of nitrogens with one attached hydrogen (secondary N) is 2. The van der Waals surface area contributed by atoms with E-state index in [-0.39, 0.29) is 5.75 Å². The van der Waals surface area contributed by atoms with Crippen molar-refractivity contribution in [2.45, 2.75) is 39.0 Å². The third kappa shape index (κ3) is 6.22. The number of rotatable bonds is 7. The van der Waals surface area contributed by atoms with Crippen LogP contribution in [-0.2, 0) is 10.0 Å². The molecule has 0 aromatic heterocycles. The molecular formula is C15H31N3O2S. The molecule has 0 unspecified atom stereocenters. The van der Waals surface area contributed by atoms with Crippen LogP contribution >= 0.6 is 0 Å². The van der Waals surface area contributed by atoms with Gasteiger partial charge in [0.1, 0.15) is 0 Å². The molecule has 0 amide bonds. The van der Waals surface area contributed by atoms with Crippen molar-refractivity contribution >= 4 is 10.0 Å². The van der Waals surface area contributed by atoms with E-state index >= 15 is 0 Å². The van der Waals surface area contributed by atoms with Gasteiger partial charge in [-0.25, -0.2) is 13.1 Å². The summed E-state index contributed by atoms with van der Waals surface area (Å²) in [6, 6.07) is 0. The fraction of sp³-hybridized carbons (Fsp3) is 1.00. The second kappa shape index (κ2) is 8.46. The molecule has 6 heteroatoms. The number of nitrogens with zero attached hydrogens (tertiary/aromatic N) is 1. The fourth-order valence-corrected chi connectivity index (χ4v) is 4.48. The molecule has 2 rings (SSSR count). The van der Waals surface area contributed by atoms with Crippen molar-refractivity contribution in [1.82, 2.24) is 14.9 Å². The normalized spacial score (nSPS) is 28.6. The Hall–Kier alpha value is -0.170. The Morgan fingerprint density at radius 2 is 1.71 bits per heavy atom. The lowest BCUT2D eigenvalue weighted by atomic mass is 9.81. The fourth-order valence-electron chi connectivity index (χ4n) is 3.34. The quantitative estimate of drug-likeness (QED) is 0.736. The molecule has 0 radical (unpaired) electrons. The first-order chi connectivity index (χ1) is 10.1. The van der Waals surface area contributed by atoms with Gasteiger partial charge in [0.2, 0.25) is 10.0 Å². The van der Waals surface area contributed by atoms with E-state index in [1.54, 1.807) is 0 Å². The summed E-state index contributed by atoms with van der Waals surface area (Å²) in [6.07, 6.45) is 6.16. The van der Waals surface area contributed by atoms with Crippen LogP contribution in [0.15, 0.2) is 0 Å². The Balaban J connectivity index is 1.64. The van der Waals surface area contributed by atoms with Gasteiger partial charge in [0.05, 0.1) is 5.75 Å². The molecule has 0 aromatic carbocycles. The average molecular weight is 317 g/mol. The smallest absolute Gasteiger partial charge is 0.212 e. The van der Waals surface area contributed by atoms with Crippen molar-refractivity contribution in [1.29, 1.82) is 0 Å². The number of sulfonamides is 1. The van der Waals surface area contributed by atoms with Gasteiger partial charge in [-0.05, 0) is 24.7 Å². The molecule has 2 N–H and O–H groups in total. The average Bonchev–Trinajstić information content (AvgIpc) is 2.53.